The lowest BCUT2D eigenvalue weighted by Gasteiger charge is -2.37. The van der Waals surface area contributed by atoms with Crippen LogP contribution in [-0.4, -0.2) is 73.5 Å². The molecule has 0 aromatic heterocycles. The highest BCUT2D eigenvalue weighted by atomic mass is 31.2. The molecule has 3 aliphatic rings. The molecule has 12 heteroatoms. The number of carbonyl (C=O) groups excluding carboxylic acids is 3. The van der Waals surface area contributed by atoms with Crippen molar-refractivity contribution in [3.63, 3.8) is 0 Å². The van der Waals surface area contributed by atoms with Gasteiger partial charge in [-0.05, 0) is 26.8 Å². The van der Waals surface area contributed by atoms with Crippen LogP contribution in [0.5, 0.6) is 0 Å². The molecule has 3 heterocycles. The van der Waals surface area contributed by atoms with Crippen LogP contribution in [0.4, 0.5) is 0 Å². The Kier molecular flexibility index (Phi) is 7.79. The van der Waals surface area contributed by atoms with Gasteiger partial charge in [0.15, 0.2) is 12.0 Å². The van der Waals surface area contributed by atoms with Crippen molar-refractivity contribution in [2.24, 2.45) is 5.41 Å². The largest absolute Gasteiger partial charge is 0.475 e. The van der Waals surface area contributed by atoms with Crippen LogP contribution in [0.25, 0.3) is 0 Å². The number of fused-ring (bicyclic) bond motifs is 1. The molecule has 0 N–H and O–H groups in total. The van der Waals surface area contributed by atoms with E-state index in [0.29, 0.717) is 0 Å². The Morgan fingerprint density at radius 3 is 2.76 bits per heavy atom. The topological polar surface area (TPSA) is 127 Å². The maximum atomic E-state index is 13.2. The Balaban J connectivity index is 1.69. The van der Waals surface area contributed by atoms with Gasteiger partial charge in [-0.1, -0.05) is 5.92 Å². The van der Waals surface area contributed by atoms with Gasteiger partial charge in [0.25, 0.3) is 0 Å². The Labute approximate surface area is 192 Å². The van der Waals surface area contributed by atoms with Crippen LogP contribution < -0.4 is 0 Å². The maximum Gasteiger partial charge on any atom is 0.475 e. The van der Waals surface area contributed by atoms with Gasteiger partial charge in [0, 0.05) is 13.3 Å². The number of hydrogen-bond acceptors (Lipinski definition) is 10. The zero-order valence-corrected chi connectivity index (χ0v) is 19.8. The first-order valence-corrected chi connectivity index (χ1v) is 11.9. The SMILES string of the molecule is C#C[C@]1(C)[C@@H]2O[P@](=O)(OC[C@@H](CC(=O)OC(C)C)OC)OC[C@H]2O[C@H]1N1C=CC(=O)CC1=O. The molecule has 0 radical (unpaired) electrons. The highest BCUT2D eigenvalue weighted by molar-refractivity contribution is 7.48. The number of ketones is 1. The number of amides is 1. The number of hydrogen-bond donors (Lipinski definition) is 0. The molecule has 1 amide bonds. The van der Waals surface area contributed by atoms with Crippen LogP contribution in [0.15, 0.2) is 12.3 Å². The second-order valence-corrected chi connectivity index (χ2v) is 10.0. The zero-order chi connectivity index (χ0) is 24.4. The van der Waals surface area contributed by atoms with Crippen molar-refractivity contribution in [1.29, 1.82) is 0 Å². The van der Waals surface area contributed by atoms with Gasteiger partial charge < -0.3 is 14.2 Å². The van der Waals surface area contributed by atoms with Crippen molar-refractivity contribution in [2.45, 2.75) is 64.3 Å². The molecule has 3 aliphatic heterocycles. The van der Waals surface area contributed by atoms with E-state index in [4.69, 9.17) is 34.2 Å². The van der Waals surface area contributed by atoms with Crippen LogP contribution in [0.1, 0.15) is 33.6 Å². The monoisotopic (exact) mass is 485 g/mol. The smallest absolute Gasteiger partial charge is 0.463 e. The summed E-state index contributed by atoms with van der Waals surface area (Å²) in [7, 11) is -2.71. The minimum atomic E-state index is -4.09. The number of carbonyl (C=O) groups is 3. The minimum Gasteiger partial charge on any atom is -0.463 e. The summed E-state index contributed by atoms with van der Waals surface area (Å²) < 4.78 is 45.8. The van der Waals surface area contributed by atoms with Gasteiger partial charge in [0.05, 0.1) is 38.3 Å². The van der Waals surface area contributed by atoms with E-state index >= 15 is 0 Å². The molecule has 0 aromatic rings. The molecule has 2 saturated heterocycles. The molecule has 11 nitrogen and oxygen atoms in total. The Morgan fingerprint density at radius 2 is 2.15 bits per heavy atom. The fraction of sp³-hybridized carbons (Fsp3) is 0.667. The molecule has 0 unspecified atom stereocenters. The Hall–Kier alpha value is -2.06. The number of ether oxygens (including phenoxy) is 3. The number of nitrogens with zero attached hydrogens (tertiary/aromatic N) is 1. The maximum absolute atomic E-state index is 13.2. The first-order chi connectivity index (χ1) is 15.5. The van der Waals surface area contributed by atoms with Crippen LogP contribution in [0.2, 0.25) is 0 Å². The summed E-state index contributed by atoms with van der Waals surface area (Å²) in [5, 5.41) is 0. The van der Waals surface area contributed by atoms with Crippen molar-refractivity contribution in [3.8, 4) is 12.3 Å². The average molecular weight is 485 g/mol. The molecule has 0 spiro atoms. The van der Waals surface area contributed by atoms with E-state index in [1.54, 1.807) is 20.8 Å². The first kappa shape index (κ1) is 25.6. The number of phosphoric acid groups is 1. The van der Waals surface area contributed by atoms with Gasteiger partial charge in [-0.25, -0.2) is 4.57 Å². The molecule has 0 aromatic carbocycles. The molecule has 2 fully saturated rings. The lowest BCUT2D eigenvalue weighted by atomic mass is 9.82. The number of terminal acetylenes is 1. The molecule has 0 saturated carbocycles. The normalized spacial score (nSPS) is 34.8. The molecular formula is C21H28NO10P. The third-order valence-electron chi connectivity index (χ3n) is 5.50. The van der Waals surface area contributed by atoms with E-state index in [-0.39, 0.29) is 37.9 Å². The summed E-state index contributed by atoms with van der Waals surface area (Å²) in [6.07, 6.45) is 4.34. The minimum absolute atomic E-state index is 0.115. The fourth-order valence-corrected chi connectivity index (χ4v) is 5.26. The van der Waals surface area contributed by atoms with Crippen LogP contribution in [0.3, 0.4) is 0 Å². The van der Waals surface area contributed by atoms with Gasteiger partial charge in [0.1, 0.15) is 17.6 Å². The van der Waals surface area contributed by atoms with Crippen molar-refractivity contribution in [3.05, 3.63) is 12.3 Å². The number of allylic oxidation sites excluding steroid dienone is 1. The van der Waals surface area contributed by atoms with Crippen molar-refractivity contribution < 1.29 is 46.7 Å². The summed E-state index contributed by atoms with van der Waals surface area (Å²) in [4.78, 5) is 37.0. The average Bonchev–Trinajstić information content (AvgIpc) is 3.03. The van der Waals surface area contributed by atoms with E-state index < -0.39 is 49.7 Å². The molecule has 182 valence electrons. The number of phosphoric ester groups is 1. The van der Waals surface area contributed by atoms with Gasteiger partial charge in [-0.15, -0.1) is 6.42 Å². The quantitative estimate of drug-likeness (QED) is 0.216. The zero-order valence-electron chi connectivity index (χ0n) is 18.9. The van der Waals surface area contributed by atoms with E-state index in [2.05, 4.69) is 5.92 Å². The van der Waals surface area contributed by atoms with E-state index in [1.807, 2.05) is 0 Å². The predicted molar refractivity (Wildman–Crippen MR) is 112 cm³/mol. The lowest BCUT2D eigenvalue weighted by molar-refractivity contribution is -0.151. The van der Waals surface area contributed by atoms with Crippen molar-refractivity contribution in [2.75, 3.05) is 20.3 Å². The molecule has 0 aliphatic carbocycles. The van der Waals surface area contributed by atoms with E-state index in [9.17, 15) is 18.9 Å². The summed E-state index contributed by atoms with van der Waals surface area (Å²) in [6.45, 7) is 4.66. The lowest BCUT2D eigenvalue weighted by Crippen LogP contribution is -2.49. The van der Waals surface area contributed by atoms with Gasteiger partial charge in [-0.3, -0.25) is 32.9 Å². The number of esters is 1. The van der Waals surface area contributed by atoms with Gasteiger partial charge in [0.2, 0.25) is 5.91 Å². The predicted octanol–water partition coefficient (Wildman–Crippen LogP) is 1.56. The first-order valence-electron chi connectivity index (χ1n) is 10.5. The van der Waals surface area contributed by atoms with Crippen LogP contribution >= 0.6 is 7.82 Å². The molecular weight excluding hydrogens is 457 g/mol. The highest BCUT2D eigenvalue weighted by Gasteiger charge is 2.61. The molecule has 0 bridgehead atoms. The van der Waals surface area contributed by atoms with Crippen LogP contribution in [0, 0.1) is 17.8 Å². The Bertz CT molecular complexity index is 911. The Morgan fingerprint density at radius 1 is 1.42 bits per heavy atom. The van der Waals surface area contributed by atoms with Crippen LogP contribution in [-0.2, 0) is 46.7 Å². The standard InChI is InChI=1S/C21H28NO10P/c1-6-21(4)19-16(31-20(21)22-8-7-14(23)9-17(22)24)12-29-33(26,32-19)28-11-15(27-5)10-18(25)30-13(2)3/h1,7-8,13,15-16,19-20H,9-12H2,2-5H3/t15-,16-,19-,20-,21-,33-/m1/s1. The molecule has 3 rings (SSSR count). The van der Waals surface area contributed by atoms with Gasteiger partial charge >= 0.3 is 13.8 Å². The highest BCUT2D eigenvalue weighted by Crippen LogP contribution is 2.59. The second kappa shape index (κ2) is 10.1. The summed E-state index contributed by atoms with van der Waals surface area (Å²) in [5.74, 6) is 1.31. The molecule has 6 atom stereocenters. The number of methoxy groups -OCH3 is 1. The summed E-state index contributed by atoms with van der Waals surface area (Å²) >= 11 is 0. The van der Waals surface area contributed by atoms with Gasteiger partial charge in [-0.2, -0.15) is 0 Å². The van der Waals surface area contributed by atoms with Crippen molar-refractivity contribution in [1.82, 2.24) is 4.90 Å². The number of rotatable bonds is 8. The third-order valence-corrected chi connectivity index (χ3v) is 6.91. The third kappa shape index (κ3) is 5.54. The van der Waals surface area contributed by atoms with E-state index in [0.717, 1.165) is 0 Å². The summed E-state index contributed by atoms with van der Waals surface area (Å²) in [5.41, 5.74) is -1.21. The van der Waals surface area contributed by atoms with Crippen molar-refractivity contribution >= 4 is 25.5 Å². The molecule has 33 heavy (non-hydrogen) atoms. The second-order valence-electron chi connectivity index (χ2n) is 8.38. The summed E-state index contributed by atoms with van der Waals surface area (Å²) in [6, 6.07) is 0. The fourth-order valence-electron chi connectivity index (χ4n) is 3.76. The van der Waals surface area contributed by atoms with E-state index in [1.165, 1.54) is 24.3 Å².